The van der Waals surface area contributed by atoms with E-state index in [1.165, 1.54) is 4.90 Å². The van der Waals surface area contributed by atoms with Gasteiger partial charge in [0.2, 0.25) is 0 Å². The predicted octanol–water partition coefficient (Wildman–Crippen LogP) is 6.49. The van der Waals surface area contributed by atoms with Crippen LogP contribution >= 0.6 is 34.8 Å². The Balaban J connectivity index is 1.59. The average Bonchev–Trinajstić information content (AvgIpc) is 3.05. The Kier molecular flexibility index (Phi) is 5.95. The number of halogens is 3. The van der Waals surface area contributed by atoms with E-state index < -0.39 is 11.6 Å². The first kappa shape index (κ1) is 22.7. The fourth-order valence-electron chi connectivity index (χ4n) is 3.94. The SMILES string of the molecule is O=C(/N=C1\N(c2ccc(Cl)cc2)C(=O)N(c2ccc(Cl)cc2)C12COC2)Nc1ccc(Cl)cc1. The van der Waals surface area contributed by atoms with Gasteiger partial charge in [-0.1, -0.05) is 34.8 Å². The van der Waals surface area contributed by atoms with Gasteiger partial charge in [0.25, 0.3) is 0 Å². The van der Waals surface area contributed by atoms with Crippen molar-refractivity contribution in [3.63, 3.8) is 0 Å². The summed E-state index contributed by atoms with van der Waals surface area (Å²) in [5.41, 5.74) is 0.701. The zero-order chi connectivity index (χ0) is 23.9. The van der Waals surface area contributed by atoms with Gasteiger partial charge in [0.15, 0.2) is 11.4 Å². The lowest BCUT2D eigenvalue weighted by molar-refractivity contribution is -0.0152. The minimum Gasteiger partial charge on any atom is -0.375 e. The number of amidine groups is 1. The van der Waals surface area contributed by atoms with Crippen LogP contribution in [0.5, 0.6) is 0 Å². The van der Waals surface area contributed by atoms with Crippen molar-refractivity contribution < 1.29 is 14.3 Å². The number of carbonyl (C=O) groups excluding carboxylic acids is 2. The van der Waals surface area contributed by atoms with Gasteiger partial charge in [0, 0.05) is 26.4 Å². The summed E-state index contributed by atoms with van der Waals surface area (Å²) in [4.78, 5) is 34.1. The predicted molar refractivity (Wildman–Crippen MR) is 135 cm³/mol. The minimum atomic E-state index is -0.956. The van der Waals surface area contributed by atoms with Crippen molar-refractivity contribution in [3.8, 4) is 0 Å². The highest BCUT2D eigenvalue weighted by molar-refractivity contribution is 6.35. The smallest absolute Gasteiger partial charge is 0.347 e. The first-order valence-electron chi connectivity index (χ1n) is 10.3. The van der Waals surface area contributed by atoms with Crippen molar-refractivity contribution in [2.24, 2.45) is 4.99 Å². The van der Waals surface area contributed by atoms with Gasteiger partial charge in [0.05, 0.1) is 18.9 Å². The van der Waals surface area contributed by atoms with Crippen LogP contribution in [0.2, 0.25) is 15.1 Å². The van der Waals surface area contributed by atoms with Gasteiger partial charge in [-0.25, -0.2) is 14.5 Å². The molecule has 0 atom stereocenters. The molecule has 1 spiro atoms. The van der Waals surface area contributed by atoms with Crippen LogP contribution < -0.4 is 15.1 Å². The van der Waals surface area contributed by atoms with E-state index in [9.17, 15) is 9.59 Å². The third-order valence-electron chi connectivity index (χ3n) is 5.59. The van der Waals surface area contributed by atoms with E-state index in [1.807, 2.05) is 0 Å². The van der Waals surface area contributed by atoms with Gasteiger partial charge in [-0.3, -0.25) is 4.90 Å². The number of nitrogens with zero attached hydrogens (tertiary/aromatic N) is 3. The highest BCUT2D eigenvalue weighted by atomic mass is 35.5. The van der Waals surface area contributed by atoms with Crippen molar-refractivity contribution in [1.82, 2.24) is 0 Å². The number of nitrogens with one attached hydrogen (secondary N) is 1. The molecule has 2 fully saturated rings. The summed E-state index contributed by atoms with van der Waals surface area (Å²) >= 11 is 18.0. The fraction of sp³-hybridized carbons (Fsp3) is 0.125. The maximum Gasteiger partial charge on any atom is 0.347 e. The number of hydrogen-bond acceptors (Lipinski definition) is 3. The number of amides is 4. The van der Waals surface area contributed by atoms with Crippen molar-refractivity contribution in [2.75, 3.05) is 28.3 Å². The van der Waals surface area contributed by atoms with Crippen LogP contribution in [0.1, 0.15) is 0 Å². The lowest BCUT2D eigenvalue weighted by Crippen LogP contribution is -2.64. The molecule has 2 heterocycles. The first-order chi connectivity index (χ1) is 16.4. The summed E-state index contributed by atoms with van der Waals surface area (Å²) in [6.07, 6.45) is 0. The zero-order valence-corrected chi connectivity index (χ0v) is 19.8. The van der Waals surface area contributed by atoms with Crippen LogP contribution in [-0.2, 0) is 4.74 Å². The van der Waals surface area contributed by atoms with Crippen LogP contribution in [0.3, 0.4) is 0 Å². The van der Waals surface area contributed by atoms with Crippen molar-refractivity contribution in [3.05, 3.63) is 87.9 Å². The second-order valence-electron chi connectivity index (χ2n) is 7.80. The van der Waals surface area contributed by atoms with E-state index in [2.05, 4.69) is 10.3 Å². The van der Waals surface area contributed by atoms with E-state index in [-0.39, 0.29) is 25.1 Å². The molecule has 1 N–H and O–H groups in total. The Labute approximate surface area is 210 Å². The summed E-state index contributed by atoms with van der Waals surface area (Å²) in [7, 11) is 0. The normalized spacial score (nSPS) is 17.9. The topological polar surface area (TPSA) is 74.2 Å². The van der Waals surface area contributed by atoms with Gasteiger partial charge in [0.1, 0.15) is 0 Å². The van der Waals surface area contributed by atoms with E-state index in [4.69, 9.17) is 39.5 Å². The molecular formula is C24H17Cl3N4O3. The number of ether oxygens (including phenoxy) is 1. The molecule has 172 valence electrons. The number of hydrogen-bond donors (Lipinski definition) is 1. The van der Waals surface area contributed by atoms with Crippen LogP contribution in [0.25, 0.3) is 0 Å². The van der Waals surface area contributed by atoms with Gasteiger partial charge in [-0.05, 0) is 72.8 Å². The lowest BCUT2D eigenvalue weighted by atomic mass is 9.94. The molecule has 3 aromatic rings. The number of rotatable bonds is 3. The van der Waals surface area contributed by atoms with Crippen molar-refractivity contribution in [2.45, 2.75) is 5.54 Å². The monoisotopic (exact) mass is 514 g/mol. The molecule has 0 aliphatic carbocycles. The van der Waals surface area contributed by atoms with E-state index >= 15 is 0 Å². The molecule has 7 nitrogen and oxygen atoms in total. The standard InChI is InChI=1S/C24H17Cl3N4O3/c25-15-1-7-18(8-2-15)28-22(32)29-21-24(13-34-14-24)31(20-11-5-17(27)6-12-20)23(33)30(21)19-9-3-16(26)4-10-19/h1-12H,13-14H2,(H,28,32)/b29-21-. The zero-order valence-electron chi connectivity index (χ0n) is 17.5. The molecule has 0 radical (unpaired) electrons. The van der Waals surface area contributed by atoms with E-state index in [0.717, 1.165) is 0 Å². The molecule has 0 aromatic heterocycles. The second kappa shape index (κ2) is 8.92. The highest BCUT2D eigenvalue weighted by Crippen LogP contribution is 2.42. The summed E-state index contributed by atoms with van der Waals surface area (Å²) in [5.74, 6) is 0.257. The molecular weight excluding hydrogens is 499 g/mol. The molecule has 0 bridgehead atoms. The van der Waals surface area contributed by atoms with Gasteiger partial charge >= 0.3 is 12.1 Å². The van der Waals surface area contributed by atoms with Gasteiger partial charge in [-0.15, -0.1) is 0 Å². The summed E-state index contributed by atoms with van der Waals surface area (Å²) < 4.78 is 5.54. The van der Waals surface area contributed by atoms with Gasteiger partial charge in [-0.2, -0.15) is 4.99 Å². The largest absolute Gasteiger partial charge is 0.375 e. The molecule has 2 aliphatic heterocycles. The van der Waals surface area contributed by atoms with Crippen LogP contribution in [-0.4, -0.2) is 36.7 Å². The van der Waals surface area contributed by atoms with Crippen LogP contribution in [0.15, 0.2) is 77.8 Å². The average molecular weight is 516 g/mol. The quantitative estimate of drug-likeness (QED) is 0.433. The van der Waals surface area contributed by atoms with E-state index in [1.54, 1.807) is 77.7 Å². The molecule has 0 saturated carbocycles. The third-order valence-corrected chi connectivity index (χ3v) is 6.35. The molecule has 5 rings (SSSR count). The Bertz CT molecular complexity index is 1270. The van der Waals surface area contributed by atoms with Gasteiger partial charge < -0.3 is 10.1 Å². The highest BCUT2D eigenvalue weighted by Gasteiger charge is 2.61. The van der Waals surface area contributed by atoms with Crippen molar-refractivity contribution in [1.29, 1.82) is 0 Å². The maximum atomic E-state index is 13.8. The van der Waals surface area contributed by atoms with Crippen LogP contribution in [0, 0.1) is 0 Å². The summed E-state index contributed by atoms with van der Waals surface area (Å²) in [6.45, 7) is 0.358. The number of anilines is 3. The summed E-state index contributed by atoms with van der Waals surface area (Å²) in [6, 6.07) is 19.3. The molecule has 34 heavy (non-hydrogen) atoms. The van der Waals surface area contributed by atoms with Crippen LogP contribution in [0.4, 0.5) is 26.7 Å². The molecule has 10 heteroatoms. The number of urea groups is 2. The Morgan fingerprint density at radius 2 is 1.32 bits per heavy atom. The second-order valence-corrected chi connectivity index (χ2v) is 9.11. The molecule has 4 amide bonds. The number of carbonyl (C=O) groups is 2. The number of aliphatic imine (C=N–C) groups is 1. The fourth-order valence-corrected chi connectivity index (χ4v) is 4.32. The minimum absolute atomic E-state index is 0.179. The first-order valence-corrected chi connectivity index (χ1v) is 11.4. The molecule has 2 saturated heterocycles. The Hall–Kier alpha value is -3.10. The van der Waals surface area contributed by atoms with E-state index in [0.29, 0.717) is 32.1 Å². The molecule has 2 aliphatic rings. The third kappa shape index (κ3) is 4.01. The summed E-state index contributed by atoms with van der Waals surface area (Å²) in [5, 5.41) is 4.33. The maximum absolute atomic E-state index is 13.8. The van der Waals surface area contributed by atoms with Crippen molar-refractivity contribution >= 4 is 69.8 Å². The number of benzene rings is 3. The molecule has 3 aromatic carbocycles. The Morgan fingerprint density at radius 1 is 0.824 bits per heavy atom. The Morgan fingerprint density at radius 3 is 1.82 bits per heavy atom. The lowest BCUT2D eigenvalue weighted by Gasteiger charge is -2.43. The molecule has 0 unspecified atom stereocenters.